The van der Waals surface area contributed by atoms with Gasteiger partial charge in [-0.15, -0.1) is 0 Å². The van der Waals surface area contributed by atoms with Crippen molar-refractivity contribution >= 4 is 12.0 Å². The lowest BCUT2D eigenvalue weighted by Gasteiger charge is -2.35. The van der Waals surface area contributed by atoms with Crippen LogP contribution in [-0.4, -0.2) is 41.9 Å². The Morgan fingerprint density at radius 3 is 2.38 bits per heavy atom. The number of carboxylic acids is 1. The zero-order valence-electron chi connectivity index (χ0n) is 12.7. The summed E-state index contributed by atoms with van der Waals surface area (Å²) in [6.07, 6.45) is 5.64. The minimum absolute atomic E-state index is 0.0309. The second-order valence-electron chi connectivity index (χ2n) is 6.28. The smallest absolute Gasteiger partial charge is 0.329 e. The summed E-state index contributed by atoms with van der Waals surface area (Å²) >= 11 is 0. The molecule has 3 N–H and O–H groups in total. The molecule has 6 nitrogen and oxygen atoms in total. The highest BCUT2D eigenvalue weighted by Gasteiger charge is 2.41. The van der Waals surface area contributed by atoms with Crippen LogP contribution in [0.25, 0.3) is 0 Å². The van der Waals surface area contributed by atoms with Gasteiger partial charge in [0.15, 0.2) is 0 Å². The Kier molecular flexibility index (Phi) is 5.45. The Morgan fingerprint density at radius 2 is 1.81 bits per heavy atom. The molecule has 2 aliphatic rings. The molecule has 0 bridgehead atoms. The zero-order chi connectivity index (χ0) is 15.3. The average Bonchev–Trinajstić information content (AvgIpc) is 2.48. The topological polar surface area (TPSA) is 87.7 Å². The van der Waals surface area contributed by atoms with Crippen LogP contribution in [0.1, 0.15) is 51.9 Å². The van der Waals surface area contributed by atoms with Gasteiger partial charge in [-0.05, 0) is 38.5 Å². The molecule has 0 radical (unpaired) electrons. The van der Waals surface area contributed by atoms with Gasteiger partial charge in [-0.1, -0.05) is 19.3 Å². The van der Waals surface area contributed by atoms with Crippen molar-refractivity contribution in [3.05, 3.63) is 0 Å². The van der Waals surface area contributed by atoms with Crippen molar-refractivity contribution in [3.63, 3.8) is 0 Å². The maximum absolute atomic E-state index is 12.2. The lowest BCUT2D eigenvalue weighted by Crippen LogP contribution is -2.59. The van der Waals surface area contributed by atoms with Gasteiger partial charge < -0.3 is 20.5 Å². The zero-order valence-corrected chi connectivity index (χ0v) is 12.7. The number of aliphatic carboxylic acids is 1. The van der Waals surface area contributed by atoms with Crippen molar-refractivity contribution in [2.75, 3.05) is 13.2 Å². The Morgan fingerprint density at radius 1 is 1.19 bits per heavy atom. The van der Waals surface area contributed by atoms with Crippen molar-refractivity contribution < 1.29 is 19.4 Å². The first-order chi connectivity index (χ1) is 10.0. The van der Waals surface area contributed by atoms with Crippen LogP contribution in [0, 0.1) is 5.92 Å². The predicted octanol–water partition coefficient (Wildman–Crippen LogP) is 1.89. The van der Waals surface area contributed by atoms with Crippen LogP contribution >= 0.6 is 0 Å². The molecule has 21 heavy (non-hydrogen) atoms. The molecule has 1 atom stereocenters. The van der Waals surface area contributed by atoms with E-state index in [2.05, 4.69) is 10.6 Å². The number of hydrogen-bond acceptors (Lipinski definition) is 3. The number of rotatable bonds is 4. The first kappa shape index (κ1) is 16.1. The summed E-state index contributed by atoms with van der Waals surface area (Å²) in [6, 6.07) is -0.332. The number of nitrogens with one attached hydrogen (secondary N) is 2. The Balaban J connectivity index is 1.88. The Hall–Kier alpha value is -1.30. The third kappa shape index (κ3) is 4.09. The molecule has 1 saturated heterocycles. The van der Waals surface area contributed by atoms with Gasteiger partial charge in [-0.3, -0.25) is 0 Å². The molecule has 1 aliphatic heterocycles. The summed E-state index contributed by atoms with van der Waals surface area (Å²) in [5.74, 6) is -0.521. The van der Waals surface area contributed by atoms with Crippen molar-refractivity contribution in [2.45, 2.75) is 63.5 Å². The number of ether oxygens (including phenoxy) is 1. The fourth-order valence-electron chi connectivity index (χ4n) is 3.34. The normalized spacial score (nSPS) is 24.0. The molecule has 2 amide bonds. The lowest BCUT2D eigenvalue weighted by molar-refractivity contribution is -0.145. The van der Waals surface area contributed by atoms with Gasteiger partial charge in [0.1, 0.15) is 5.54 Å². The summed E-state index contributed by atoms with van der Waals surface area (Å²) in [4.78, 5) is 23.7. The number of carbonyl (C=O) groups is 2. The second-order valence-corrected chi connectivity index (χ2v) is 6.28. The number of urea groups is 1. The fourth-order valence-corrected chi connectivity index (χ4v) is 3.34. The molecule has 1 saturated carbocycles. The first-order valence-electron chi connectivity index (χ1n) is 7.93. The number of carboxylic acid groups (broad SMARTS) is 1. The molecule has 1 heterocycles. The predicted molar refractivity (Wildman–Crippen MR) is 78.1 cm³/mol. The quantitative estimate of drug-likeness (QED) is 0.739. The fraction of sp³-hybridized carbons (Fsp3) is 0.867. The van der Waals surface area contributed by atoms with Crippen LogP contribution in [0.4, 0.5) is 4.79 Å². The van der Waals surface area contributed by atoms with E-state index in [4.69, 9.17) is 4.74 Å². The van der Waals surface area contributed by atoms with Crippen molar-refractivity contribution in [2.24, 2.45) is 5.92 Å². The standard InChI is InChI=1S/C15H26N2O4/c1-11(12-5-9-21-10-6-12)16-14(20)17-15(13(18)19)7-3-2-4-8-15/h11-12H,2-10H2,1H3,(H,18,19)(H2,16,17,20). The van der Waals surface area contributed by atoms with Crippen molar-refractivity contribution in [1.82, 2.24) is 10.6 Å². The number of hydrogen-bond donors (Lipinski definition) is 3. The molecule has 120 valence electrons. The minimum Gasteiger partial charge on any atom is -0.480 e. The van der Waals surface area contributed by atoms with Crippen LogP contribution in [0.15, 0.2) is 0 Å². The van der Waals surface area contributed by atoms with E-state index in [0.29, 0.717) is 18.8 Å². The maximum atomic E-state index is 12.2. The van der Waals surface area contributed by atoms with E-state index in [1.807, 2.05) is 6.92 Å². The van der Waals surface area contributed by atoms with Crippen LogP contribution in [-0.2, 0) is 9.53 Å². The third-order valence-corrected chi connectivity index (χ3v) is 4.80. The van der Waals surface area contributed by atoms with Gasteiger partial charge in [0.25, 0.3) is 0 Å². The van der Waals surface area contributed by atoms with Gasteiger partial charge in [0, 0.05) is 19.3 Å². The lowest BCUT2D eigenvalue weighted by atomic mass is 9.82. The van der Waals surface area contributed by atoms with Crippen molar-refractivity contribution in [1.29, 1.82) is 0 Å². The number of amides is 2. The molecule has 1 unspecified atom stereocenters. The van der Waals surface area contributed by atoms with Crippen LogP contribution in [0.2, 0.25) is 0 Å². The SMILES string of the molecule is CC(NC(=O)NC1(C(=O)O)CCCCC1)C1CCOCC1. The van der Waals surface area contributed by atoms with E-state index < -0.39 is 11.5 Å². The minimum atomic E-state index is -1.09. The maximum Gasteiger partial charge on any atom is 0.329 e. The first-order valence-corrected chi connectivity index (χ1v) is 7.93. The molecular weight excluding hydrogens is 272 g/mol. The van der Waals surface area contributed by atoms with Crippen LogP contribution < -0.4 is 10.6 Å². The van der Waals surface area contributed by atoms with E-state index in [9.17, 15) is 14.7 Å². The Labute approximate surface area is 125 Å². The van der Waals surface area contributed by atoms with E-state index in [1.165, 1.54) is 0 Å². The van der Waals surface area contributed by atoms with E-state index >= 15 is 0 Å². The average molecular weight is 298 g/mol. The highest BCUT2D eigenvalue weighted by Crippen LogP contribution is 2.28. The summed E-state index contributed by atoms with van der Waals surface area (Å²) in [5.41, 5.74) is -1.09. The molecule has 6 heteroatoms. The third-order valence-electron chi connectivity index (χ3n) is 4.80. The van der Waals surface area contributed by atoms with Crippen LogP contribution in [0.3, 0.4) is 0 Å². The van der Waals surface area contributed by atoms with Gasteiger partial charge in [0.2, 0.25) is 0 Å². The van der Waals surface area contributed by atoms with Crippen LogP contribution in [0.5, 0.6) is 0 Å². The van der Waals surface area contributed by atoms with Gasteiger partial charge in [0.05, 0.1) is 0 Å². The molecule has 0 aromatic rings. The summed E-state index contributed by atoms with van der Waals surface area (Å²) in [5, 5.41) is 15.1. The summed E-state index contributed by atoms with van der Waals surface area (Å²) in [7, 11) is 0. The van der Waals surface area contributed by atoms with Gasteiger partial charge in [-0.25, -0.2) is 9.59 Å². The van der Waals surface area contributed by atoms with Gasteiger partial charge >= 0.3 is 12.0 Å². The van der Waals surface area contributed by atoms with Crippen molar-refractivity contribution in [3.8, 4) is 0 Å². The molecule has 0 aromatic carbocycles. The largest absolute Gasteiger partial charge is 0.480 e. The Bertz CT molecular complexity index is 374. The van der Waals surface area contributed by atoms with E-state index in [1.54, 1.807) is 0 Å². The summed E-state index contributed by atoms with van der Waals surface area (Å²) < 4.78 is 5.32. The molecule has 0 spiro atoms. The van der Waals surface area contributed by atoms with E-state index in [-0.39, 0.29) is 12.1 Å². The second kappa shape index (κ2) is 7.11. The molecule has 2 rings (SSSR count). The molecular formula is C15H26N2O4. The molecule has 2 fully saturated rings. The highest BCUT2D eigenvalue weighted by molar-refractivity contribution is 5.86. The van der Waals surface area contributed by atoms with Gasteiger partial charge in [-0.2, -0.15) is 0 Å². The summed E-state index contributed by atoms with van der Waals surface area (Å²) in [6.45, 7) is 3.44. The number of carbonyl (C=O) groups excluding carboxylic acids is 1. The van der Waals surface area contributed by atoms with E-state index in [0.717, 1.165) is 45.3 Å². The molecule has 0 aromatic heterocycles. The monoisotopic (exact) mass is 298 g/mol. The highest BCUT2D eigenvalue weighted by atomic mass is 16.5. The molecule has 1 aliphatic carbocycles.